The van der Waals surface area contributed by atoms with Crippen LogP contribution in [0, 0.1) is 11.8 Å². The van der Waals surface area contributed by atoms with Gasteiger partial charge in [0.05, 0.1) is 12.7 Å². The number of aryl methyl sites for hydroxylation is 1. The largest absolute Gasteiger partial charge is 0.493 e. The highest BCUT2D eigenvalue weighted by Gasteiger charge is 2.18. The highest BCUT2D eigenvalue weighted by molar-refractivity contribution is 5.39. The van der Waals surface area contributed by atoms with E-state index in [2.05, 4.69) is 39.0 Å². The molecule has 1 N–H and O–H groups in total. The number of fused-ring (bicyclic) bond motifs is 1. The molecule has 1 aliphatic heterocycles. The van der Waals surface area contributed by atoms with Crippen LogP contribution in [0.5, 0.6) is 5.75 Å². The van der Waals surface area contributed by atoms with Crippen LogP contribution < -0.4 is 4.74 Å². The molecule has 2 unspecified atom stereocenters. The maximum Gasteiger partial charge on any atom is 0.122 e. The molecule has 2 atom stereocenters. The lowest BCUT2D eigenvalue weighted by molar-refractivity contribution is 0.0842. The zero-order valence-electron chi connectivity index (χ0n) is 11.6. The van der Waals surface area contributed by atoms with Gasteiger partial charge in [-0.3, -0.25) is 0 Å². The summed E-state index contributed by atoms with van der Waals surface area (Å²) in [7, 11) is 0. The number of hydrogen-bond donors (Lipinski definition) is 1. The zero-order chi connectivity index (χ0) is 13.1. The zero-order valence-corrected chi connectivity index (χ0v) is 11.6. The fourth-order valence-corrected chi connectivity index (χ4v) is 2.42. The molecular weight excluding hydrogens is 224 g/mol. The van der Waals surface area contributed by atoms with Gasteiger partial charge in [-0.25, -0.2) is 0 Å². The summed E-state index contributed by atoms with van der Waals surface area (Å²) in [5.74, 6) is 1.94. The van der Waals surface area contributed by atoms with Gasteiger partial charge in [0.15, 0.2) is 0 Å². The minimum absolute atomic E-state index is 0.200. The van der Waals surface area contributed by atoms with Crippen molar-refractivity contribution in [2.75, 3.05) is 6.61 Å². The van der Waals surface area contributed by atoms with E-state index in [4.69, 9.17) is 4.74 Å². The van der Waals surface area contributed by atoms with Crippen LogP contribution in [0.2, 0.25) is 0 Å². The van der Waals surface area contributed by atoms with Crippen molar-refractivity contribution in [2.45, 2.75) is 46.1 Å². The van der Waals surface area contributed by atoms with Gasteiger partial charge in [0.2, 0.25) is 0 Å². The fourth-order valence-electron chi connectivity index (χ4n) is 2.42. The Balaban J connectivity index is 1.90. The van der Waals surface area contributed by atoms with Crippen LogP contribution in [0.4, 0.5) is 0 Å². The average Bonchev–Trinajstić information content (AvgIpc) is 2.82. The van der Waals surface area contributed by atoms with E-state index in [0.29, 0.717) is 11.8 Å². The highest BCUT2D eigenvalue weighted by atomic mass is 16.5. The predicted molar refractivity (Wildman–Crippen MR) is 74.0 cm³/mol. The molecule has 0 aromatic heterocycles. The van der Waals surface area contributed by atoms with Gasteiger partial charge < -0.3 is 9.84 Å². The summed E-state index contributed by atoms with van der Waals surface area (Å²) in [4.78, 5) is 0. The molecule has 0 saturated heterocycles. The molecule has 1 aliphatic rings. The summed E-state index contributed by atoms with van der Waals surface area (Å²) < 4.78 is 5.50. The van der Waals surface area contributed by atoms with Crippen molar-refractivity contribution in [3.05, 3.63) is 29.3 Å². The van der Waals surface area contributed by atoms with Gasteiger partial charge in [-0.05, 0) is 41.9 Å². The fraction of sp³-hybridized carbons (Fsp3) is 0.625. The maximum absolute atomic E-state index is 10.1. The van der Waals surface area contributed by atoms with Crippen molar-refractivity contribution in [1.82, 2.24) is 0 Å². The molecule has 0 spiro atoms. The Morgan fingerprint density at radius 1 is 1.28 bits per heavy atom. The second-order valence-corrected chi connectivity index (χ2v) is 5.75. The molecule has 0 radical (unpaired) electrons. The molecule has 2 rings (SSSR count). The van der Waals surface area contributed by atoms with E-state index in [1.807, 2.05) is 0 Å². The number of aliphatic hydroxyl groups is 1. The Bertz CT molecular complexity index is 398. The third kappa shape index (κ3) is 3.05. The van der Waals surface area contributed by atoms with E-state index in [0.717, 1.165) is 31.6 Å². The van der Waals surface area contributed by atoms with Crippen molar-refractivity contribution in [2.24, 2.45) is 11.8 Å². The summed E-state index contributed by atoms with van der Waals surface area (Å²) in [5, 5.41) is 10.1. The van der Waals surface area contributed by atoms with Gasteiger partial charge in [-0.15, -0.1) is 0 Å². The number of benzene rings is 1. The summed E-state index contributed by atoms with van der Waals surface area (Å²) in [5.41, 5.74) is 2.63. The number of ether oxygens (including phenoxy) is 1. The second-order valence-electron chi connectivity index (χ2n) is 5.75. The third-order valence-corrected chi connectivity index (χ3v) is 4.14. The van der Waals surface area contributed by atoms with Crippen molar-refractivity contribution < 1.29 is 9.84 Å². The molecule has 0 aliphatic carbocycles. The van der Waals surface area contributed by atoms with Gasteiger partial charge in [0.1, 0.15) is 5.75 Å². The number of hydrogen-bond acceptors (Lipinski definition) is 2. The molecule has 2 nitrogen and oxygen atoms in total. The van der Waals surface area contributed by atoms with Crippen molar-refractivity contribution in [1.29, 1.82) is 0 Å². The van der Waals surface area contributed by atoms with E-state index < -0.39 is 0 Å². The lowest BCUT2D eigenvalue weighted by atomic mass is 9.89. The Hall–Kier alpha value is -1.02. The lowest BCUT2D eigenvalue weighted by Gasteiger charge is -2.22. The lowest BCUT2D eigenvalue weighted by Crippen LogP contribution is -2.22. The van der Waals surface area contributed by atoms with Crippen LogP contribution in [-0.2, 0) is 12.8 Å². The summed E-state index contributed by atoms with van der Waals surface area (Å²) in [6.07, 6.45) is 2.62. The van der Waals surface area contributed by atoms with Gasteiger partial charge >= 0.3 is 0 Å². The first-order chi connectivity index (χ1) is 8.58. The molecule has 1 aromatic rings. The van der Waals surface area contributed by atoms with Crippen LogP contribution in [0.1, 0.15) is 38.3 Å². The molecule has 0 fully saturated rings. The van der Waals surface area contributed by atoms with E-state index in [-0.39, 0.29) is 6.10 Å². The van der Waals surface area contributed by atoms with E-state index in [9.17, 15) is 5.11 Å². The number of rotatable bonds is 5. The average molecular weight is 248 g/mol. The summed E-state index contributed by atoms with van der Waals surface area (Å²) in [6, 6.07) is 6.42. The molecule has 0 bridgehead atoms. The molecule has 2 heteroatoms. The molecule has 0 amide bonds. The first-order valence-corrected chi connectivity index (χ1v) is 7.00. The standard InChI is InChI=1S/C16H24O2/c1-11(2)12(3)15(17)6-4-13-5-7-16-14(10-13)8-9-18-16/h5,7,10-12,15,17H,4,6,8-9H2,1-3H3. The second kappa shape index (κ2) is 5.75. The van der Waals surface area contributed by atoms with E-state index >= 15 is 0 Å². The first kappa shape index (κ1) is 13.4. The van der Waals surface area contributed by atoms with E-state index in [1.54, 1.807) is 0 Å². The highest BCUT2D eigenvalue weighted by Crippen LogP contribution is 2.27. The normalized spacial score (nSPS) is 17.4. The Morgan fingerprint density at radius 3 is 2.78 bits per heavy atom. The smallest absolute Gasteiger partial charge is 0.122 e. The van der Waals surface area contributed by atoms with Crippen LogP contribution >= 0.6 is 0 Å². The topological polar surface area (TPSA) is 29.5 Å². The molecular formula is C16H24O2. The van der Waals surface area contributed by atoms with Crippen LogP contribution in [0.25, 0.3) is 0 Å². The van der Waals surface area contributed by atoms with E-state index in [1.165, 1.54) is 11.1 Å². The quantitative estimate of drug-likeness (QED) is 0.867. The third-order valence-electron chi connectivity index (χ3n) is 4.14. The predicted octanol–water partition coefficient (Wildman–Crippen LogP) is 3.21. The monoisotopic (exact) mass is 248 g/mol. The maximum atomic E-state index is 10.1. The molecule has 0 saturated carbocycles. The molecule has 100 valence electrons. The van der Waals surface area contributed by atoms with Gasteiger partial charge in [0, 0.05) is 6.42 Å². The summed E-state index contributed by atoms with van der Waals surface area (Å²) >= 11 is 0. The van der Waals surface area contributed by atoms with Gasteiger partial charge in [-0.1, -0.05) is 32.9 Å². The first-order valence-electron chi connectivity index (χ1n) is 7.00. The molecule has 1 aromatic carbocycles. The van der Waals surface area contributed by atoms with Crippen LogP contribution in [0.3, 0.4) is 0 Å². The van der Waals surface area contributed by atoms with Gasteiger partial charge in [-0.2, -0.15) is 0 Å². The van der Waals surface area contributed by atoms with Crippen molar-refractivity contribution in [3.8, 4) is 5.75 Å². The minimum Gasteiger partial charge on any atom is -0.493 e. The molecule has 1 heterocycles. The minimum atomic E-state index is -0.200. The molecule has 18 heavy (non-hydrogen) atoms. The van der Waals surface area contributed by atoms with Crippen LogP contribution in [0.15, 0.2) is 18.2 Å². The Labute approximate surface area is 110 Å². The van der Waals surface area contributed by atoms with Crippen molar-refractivity contribution >= 4 is 0 Å². The Morgan fingerprint density at radius 2 is 2.06 bits per heavy atom. The van der Waals surface area contributed by atoms with Gasteiger partial charge in [0.25, 0.3) is 0 Å². The van der Waals surface area contributed by atoms with Crippen molar-refractivity contribution in [3.63, 3.8) is 0 Å². The SMILES string of the molecule is CC(C)C(C)C(O)CCc1ccc2c(c1)CCO2. The van der Waals surface area contributed by atoms with Crippen LogP contribution in [-0.4, -0.2) is 17.8 Å². The summed E-state index contributed by atoms with van der Waals surface area (Å²) in [6.45, 7) is 7.28. The Kier molecular flexibility index (Phi) is 4.28. The number of aliphatic hydroxyl groups excluding tert-OH is 1.